The van der Waals surface area contributed by atoms with Crippen molar-refractivity contribution in [2.45, 2.75) is 0 Å². The van der Waals surface area contributed by atoms with Gasteiger partial charge in [-0.15, -0.1) is 0 Å². The Morgan fingerprint density at radius 2 is 1.52 bits per heavy atom. The summed E-state index contributed by atoms with van der Waals surface area (Å²) in [5, 5.41) is 8.96. The lowest BCUT2D eigenvalue weighted by atomic mass is 10.1. The van der Waals surface area contributed by atoms with E-state index in [9.17, 15) is 9.18 Å². The van der Waals surface area contributed by atoms with E-state index in [0.717, 1.165) is 13.1 Å². The highest BCUT2D eigenvalue weighted by atomic mass is 19.1. The molecule has 2 aromatic rings. The molecule has 1 aliphatic heterocycles. The summed E-state index contributed by atoms with van der Waals surface area (Å²) in [5.41, 5.74) is 0.613. The van der Waals surface area contributed by atoms with Crippen LogP contribution in [-0.2, 0) is 0 Å². The maximum Gasteiger partial charge on any atom is 0.253 e. The monoisotopic (exact) mass is 344 g/mol. The van der Waals surface area contributed by atoms with Crippen LogP contribution in [0.25, 0.3) is 0 Å². The van der Waals surface area contributed by atoms with E-state index in [1.807, 2.05) is 4.90 Å². The van der Waals surface area contributed by atoms with Crippen molar-refractivity contribution in [2.24, 2.45) is 0 Å². The third-order valence-electron chi connectivity index (χ3n) is 4.23. The second-order valence-electron chi connectivity index (χ2n) is 5.94. The molecule has 0 saturated carbocycles. The molecule has 0 bridgehead atoms. The topological polar surface area (TPSA) is 53.0 Å². The van der Waals surface area contributed by atoms with E-state index in [-0.39, 0.29) is 18.3 Å². The molecule has 25 heavy (non-hydrogen) atoms. The van der Waals surface area contributed by atoms with Crippen LogP contribution in [0, 0.1) is 5.82 Å². The Labute approximate surface area is 146 Å². The van der Waals surface area contributed by atoms with E-state index in [4.69, 9.17) is 9.84 Å². The summed E-state index contributed by atoms with van der Waals surface area (Å²) < 4.78 is 18.5. The fraction of sp³-hybridized carbons (Fsp3) is 0.316. The number of aliphatic hydroxyl groups is 1. The fourth-order valence-electron chi connectivity index (χ4n) is 2.80. The summed E-state index contributed by atoms with van der Waals surface area (Å²) >= 11 is 0. The number of aliphatic hydroxyl groups excluding tert-OH is 1. The number of carbonyl (C=O) groups excluding carboxylic acids is 1. The van der Waals surface area contributed by atoms with Crippen molar-refractivity contribution in [3.8, 4) is 11.5 Å². The first kappa shape index (κ1) is 17.4. The Morgan fingerprint density at radius 1 is 0.960 bits per heavy atom. The van der Waals surface area contributed by atoms with Gasteiger partial charge < -0.3 is 14.7 Å². The second-order valence-corrected chi connectivity index (χ2v) is 5.94. The largest absolute Gasteiger partial charge is 0.457 e. The fourth-order valence-corrected chi connectivity index (χ4v) is 2.80. The molecule has 6 heteroatoms. The van der Waals surface area contributed by atoms with Crippen LogP contribution in [0.15, 0.2) is 48.5 Å². The Bertz CT molecular complexity index is 696. The van der Waals surface area contributed by atoms with E-state index in [1.54, 1.807) is 36.4 Å². The maximum absolute atomic E-state index is 12.9. The first-order valence-corrected chi connectivity index (χ1v) is 8.32. The van der Waals surface area contributed by atoms with E-state index < -0.39 is 0 Å². The SMILES string of the molecule is O=C(c1ccc(Oc2ccc(F)cc2)cc1)N1CCN(CCO)CC1. The summed E-state index contributed by atoms with van der Waals surface area (Å²) in [6.45, 7) is 3.66. The van der Waals surface area contributed by atoms with Crippen LogP contribution in [0.3, 0.4) is 0 Å². The number of carbonyl (C=O) groups is 1. The highest BCUT2D eigenvalue weighted by Crippen LogP contribution is 2.22. The minimum atomic E-state index is -0.313. The number of ether oxygens (including phenoxy) is 1. The van der Waals surface area contributed by atoms with Crippen LogP contribution < -0.4 is 4.74 Å². The molecule has 0 spiro atoms. The molecule has 1 fully saturated rings. The Hall–Kier alpha value is -2.44. The standard InChI is InChI=1S/C19H21FN2O3/c20-16-3-7-18(8-4-16)25-17-5-1-15(2-6-17)19(24)22-11-9-21(10-12-22)13-14-23/h1-8,23H,9-14H2. The Morgan fingerprint density at radius 3 is 2.08 bits per heavy atom. The summed E-state index contributed by atoms with van der Waals surface area (Å²) in [4.78, 5) is 16.5. The van der Waals surface area contributed by atoms with Crippen LogP contribution in [0.1, 0.15) is 10.4 Å². The van der Waals surface area contributed by atoms with E-state index >= 15 is 0 Å². The number of benzene rings is 2. The molecule has 2 aromatic carbocycles. The predicted molar refractivity (Wildman–Crippen MR) is 92.3 cm³/mol. The van der Waals surface area contributed by atoms with Crippen LogP contribution >= 0.6 is 0 Å². The smallest absolute Gasteiger partial charge is 0.253 e. The quantitative estimate of drug-likeness (QED) is 0.905. The predicted octanol–water partition coefficient (Wildman–Crippen LogP) is 2.37. The molecule has 1 aliphatic rings. The normalized spacial score (nSPS) is 15.2. The summed E-state index contributed by atoms with van der Waals surface area (Å²) in [6.07, 6.45) is 0. The molecule has 1 heterocycles. The van der Waals surface area contributed by atoms with Crippen molar-refractivity contribution < 1.29 is 19.0 Å². The van der Waals surface area contributed by atoms with Gasteiger partial charge in [0.1, 0.15) is 17.3 Å². The van der Waals surface area contributed by atoms with Gasteiger partial charge in [-0.05, 0) is 48.5 Å². The molecule has 1 amide bonds. The molecule has 0 radical (unpaired) electrons. The lowest BCUT2D eigenvalue weighted by Gasteiger charge is -2.34. The van der Waals surface area contributed by atoms with Crippen molar-refractivity contribution in [3.63, 3.8) is 0 Å². The van der Waals surface area contributed by atoms with Crippen molar-refractivity contribution in [1.82, 2.24) is 9.80 Å². The zero-order chi connectivity index (χ0) is 17.6. The van der Waals surface area contributed by atoms with Gasteiger partial charge in [0.2, 0.25) is 0 Å². The van der Waals surface area contributed by atoms with Gasteiger partial charge in [-0.1, -0.05) is 0 Å². The third kappa shape index (κ3) is 4.55. The molecule has 1 saturated heterocycles. The molecular formula is C19H21FN2O3. The van der Waals surface area contributed by atoms with Crippen molar-refractivity contribution >= 4 is 5.91 Å². The second kappa shape index (κ2) is 8.09. The molecule has 0 atom stereocenters. The van der Waals surface area contributed by atoms with Gasteiger partial charge in [0, 0.05) is 38.3 Å². The van der Waals surface area contributed by atoms with Crippen LogP contribution in [0.5, 0.6) is 11.5 Å². The van der Waals surface area contributed by atoms with E-state index in [2.05, 4.69) is 4.90 Å². The van der Waals surface area contributed by atoms with Gasteiger partial charge in [-0.25, -0.2) is 4.39 Å². The molecule has 5 nitrogen and oxygen atoms in total. The molecule has 0 unspecified atom stereocenters. The molecule has 0 aliphatic carbocycles. The lowest BCUT2D eigenvalue weighted by molar-refractivity contribution is 0.0615. The number of nitrogens with zero attached hydrogens (tertiary/aromatic N) is 2. The van der Waals surface area contributed by atoms with Crippen molar-refractivity contribution in [2.75, 3.05) is 39.3 Å². The molecule has 3 rings (SSSR count). The molecule has 1 N–H and O–H groups in total. The maximum atomic E-state index is 12.9. The number of rotatable bonds is 5. The van der Waals surface area contributed by atoms with Crippen LogP contribution in [0.2, 0.25) is 0 Å². The van der Waals surface area contributed by atoms with Gasteiger partial charge in [0.15, 0.2) is 0 Å². The van der Waals surface area contributed by atoms with Gasteiger partial charge >= 0.3 is 0 Å². The number of hydrogen-bond donors (Lipinski definition) is 1. The summed E-state index contributed by atoms with van der Waals surface area (Å²) in [5.74, 6) is 0.820. The molecule has 132 valence electrons. The third-order valence-corrected chi connectivity index (χ3v) is 4.23. The molecule has 0 aromatic heterocycles. The average molecular weight is 344 g/mol. The minimum absolute atomic E-state index is 0.00280. The van der Waals surface area contributed by atoms with Gasteiger partial charge in [0.25, 0.3) is 5.91 Å². The highest BCUT2D eigenvalue weighted by molar-refractivity contribution is 5.94. The Balaban J connectivity index is 1.58. The molecular weight excluding hydrogens is 323 g/mol. The van der Waals surface area contributed by atoms with E-state index in [1.165, 1.54) is 12.1 Å². The number of halogens is 1. The Kier molecular flexibility index (Phi) is 5.63. The lowest BCUT2D eigenvalue weighted by Crippen LogP contribution is -2.49. The first-order chi connectivity index (χ1) is 12.2. The van der Waals surface area contributed by atoms with Crippen LogP contribution in [-0.4, -0.2) is 60.1 Å². The van der Waals surface area contributed by atoms with Gasteiger partial charge in [-0.3, -0.25) is 9.69 Å². The highest BCUT2D eigenvalue weighted by Gasteiger charge is 2.21. The van der Waals surface area contributed by atoms with Crippen molar-refractivity contribution in [1.29, 1.82) is 0 Å². The average Bonchev–Trinajstić information content (AvgIpc) is 2.65. The number of amides is 1. The number of hydrogen-bond acceptors (Lipinski definition) is 4. The van der Waals surface area contributed by atoms with Gasteiger partial charge in [0.05, 0.1) is 6.61 Å². The summed E-state index contributed by atoms with van der Waals surface area (Å²) in [6, 6.07) is 12.7. The minimum Gasteiger partial charge on any atom is -0.457 e. The van der Waals surface area contributed by atoms with E-state index in [0.29, 0.717) is 36.7 Å². The van der Waals surface area contributed by atoms with Crippen LogP contribution in [0.4, 0.5) is 4.39 Å². The van der Waals surface area contributed by atoms with Gasteiger partial charge in [-0.2, -0.15) is 0 Å². The summed E-state index contributed by atoms with van der Waals surface area (Å²) in [7, 11) is 0. The number of piperazine rings is 1. The zero-order valence-corrected chi connectivity index (χ0v) is 13.9. The van der Waals surface area contributed by atoms with Crippen molar-refractivity contribution in [3.05, 3.63) is 59.9 Å². The first-order valence-electron chi connectivity index (χ1n) is 8.32. The number of β-amino-alcohol motifs (C(OH)–C–C–N with tert-alkyl or cyclic N) is 1. The zero-order valence-electron chi connectivity index (χ0n) is 13.9.